The summed E-state index contributed by atoms with van der Waals surface area (Å²) >= 11 is 0. The standard InChI is InChI=1S/C19H18N4O3/c1-23(2)19(25)14-11-13(5-7-17(14)26-3)22-18(24)12-4-6-15-16(10-12)21-9-8-20-15/h4-11H,1-3H3,(H,22,24). The SMILES string of the molecule is COc1ccc(NC(=O)c2ccc3nccnc3c2)cc1C(=O)N(C)C. The van der Waals surface area contributed by atoms with Gasteiger partial charge in [0.1, 0.15) is 5.75 Å². The smallest absolute Gasteiger partial charge is 0.257 e. The molecule has 0 atom stereocenters. The van der Waals surface area contributed by atoms with Gasteiger partial charge in [0.15, 0.2) is 0 Å². The number of ether oxygens (including phenoxy) is 1. The predicted octanol–water partition coefficient (Wildman–Crippen LogP) is 2.59. The average molecular weight is 350 g/mol. The van der Waals surface area contributed by atoms with E-state index in [1.54, 1.807) is 62.9 Å². The molecule has 0 spiro atoms. The number of benzene rings is 2. The number of fused-ring (bicyclic) bond motifs is 1. The summed E-state index contributed by atoms with van der Waals surface area (Å²) in [5.41, 5.74) is 2.68. The molecule has 0 saturated heterocycles. The van der Waals surface area contributed by atoms with Crippen molar-refractivity contribution >= 4 is 28.5 Å². The van der Waals surface area contributed by atoms with Gasteiger partial charge in [-0.3, -0.25) is 19.6 Å². The van der Waals surface area contributed by atoms with E-state index in [9.17, 15) is 9.59 Å². The Labute approximate surface area is 150 Å². The highest BCUT2D eigenvalue weighted by atomic mass is 16.5. The van der Waals surface area contributed by atoms with Crippen LogP contribution in [0.4, 0.5) is 5.69 Å². The Hall–Kier alpha value is -3.48. The Kier molecular flexibility index (Phi) is 4.79. The van der Waals surface area contributed by atoms with Gasteiger partial charge in [-0.15, -0.1) is 0 Å². The number of methoxy groups -OCH3 is 1. The summed E-state index contributed by atoms with van der Waals surface area (Å²) in [6, 6.07) is 10.0. The number of carbonyl (C=O) groups excluding carboxylic acids is 2. The number of nitrogens with one attached hydrogen (secondary N) is 1. The van der Waals surface area contributed by atoms with Gasteiger partial charge in [0.05, 0.1) is 23.7 Å². The molecule has 26 heavy (non-hydrogen) atoms. The fraction of sp³-hybridized carbons (Fsp3) is 0.158. The molecule has 3 aromatic rings. The van der Waals surface area contributed by atoms with Crippen LogP contribution in [0.15, 0.2) is 48.8 Å². The molecule has 0 aliphatic rings. The van der Waals surface area contributed by atoms with Crippen LogP contribution in [0.25, 0.3) is 11.0 Å². The third-order valence-electron chi connectivity index (χ3n) is 3.83. The Morgan fingerprint density at radius 3 is 2.42 bits per heavy atom. The highest BCUT2D eigenvalue weighted by Crippen LogP contribution is 2.24. The molecule has 7 heteroatoms. The first-order chi connectivity index (χ1) is 12.5. The molecule has 2 amide bonds. The van der Waals surface area contributed by atoms with Crippen LogP contribution >= 0.6 is 0 Å². The van der Waals surface area contributed by atoms with Gasteiger partial charge in [0.25, 0.3) is 11.8 Å². The number of hydrogen-bond acceptors (Lipinski definition) is 5. The first-order valence-electron chi connectivity index (χ1n) is 7.91. The van der Waals surface area contributed by atoms with Crippen LogP contribution in [-0.4, -0.2) is 47.9 Å². The van der Waals surface area contributed by atoms with Crippen LogP contribution in [0.5, 0.6) is 5.75 Å². The van der Waals surface area contributed by atoms with E-state index in [1.165, 1.54) is 12.0 Å². The van der Waals surface area contributed by atoms with Crippen LogP contribution < -0.4 is 10.1 Å². The molecule has 0 aliphatic heterocycles. The lowest BCUT2D eigenvalue weighted by Gasteiger charge is -2.15. The van der Waals surface area contributed by atoms with Crippen LogP contribution in [0.2, 0.25) is 0 Å². The molecule has 0 aliphatic carbocycles. The Morgan fingerprint density at radius 1 is 1.00 bits per heavy atom. The molecule has 0 unspecified atom stereocenters. The summed E-state index contributed by atoms with van der Waals surface area (Å²) in [6.45, 7) is 0. The number of nitrogens with zero attached hydrogens (tertiary/aromatic N) is 3. The zero-order valence-electron chi connectivity index (χ0n) is 14.7. The molecule has 3 rings (SSSR count). The number of carbonyl (C=O) groups is 2. The molecule has 132 valence electrons. The molecule has 0 bridgehead atoms. The summed E-state index contributed by atoms with van der Waals surface area (Å²) in [6.07, 6.45) is 3.18. The van der Waals surface area contributed by atoms with E-state index in [0.29, 0.717) is 33.6 Å². The monoisotopic (exact) mass is 350 g/mol. The predicted molar refractivity (Wildman–Crippen MR) is 98.5 cm³/mol. The van der Waals surface area contributed by atoms with E-state index in [2.05, 4.69) is 15.3 Å². The summed E-state index contributed by atoms with van der Waals surface area (Å²) in [4.78, 5) is 34.7. The van der Waals surface area contributed by atoms with E-state index in [4.69, 9.17) is 4.74 Å². The number of hydrogen-bond donors (Lipinski definition) is 1. The average Bonchev–Trinajstić information content (AvgIpc) is 2.66. The van der Waals surface area contributed by atoms with Gasteiger partial charge in [0.2, 0.25) is 0 Å². The molecule has 0 fully saturated rings. The molecule has 2 aromatic carbocycles. The summed E-state index contributed by atoms with van der Waals surface area (Å²) in [5.74, 6) is -0.0624. The second-order valence-corrected chi connectivity index (χ2v) is 5.83. The second-order valence-electron chi connectivity index (χ2n) is 5.83. The topological polar surface area (TPSA) is 84.4 Å². The van der Waals surface area contributed by atoms with Crippen LogP contribution in [0, 0.1) is 0 Å². The van der Waals surface area contributed by atoms with Gasteiger partial charge in [-0.25, -0.2) is 0 Å². The second kappa shape index (κ2) is 7.18. The maximum Gasteiger partial charge on any atom is 0.257 e. The first kappa shape index (κ1) is 17.3. The van der Waals surface area contributed by atoms with Gasteiger partial charge in [-0.2, -0.15) is 0 Å². The van der Waals surface area contributed by atoms with E-state index in [1.807, 2.05) is 0 Å². The first-order valence-corrected chi connectivity index (χ1v) is 7.91. The molecule has 1 aromatic heterocycles. The van der Waals surface area contributed by atoms with Crippen LogP contribution in [0.1, 0.15) is 20.7 Å². The lowest BCUT2D eigenvalue weighted by atomic mass is 10.1. The molecule has 1 N–H and O–H groups in total. The minimum absolute atomic E-state index is 0.209. The van der Waals surface area contributed by atoms with Crippen molar-refractivity contribution in [2.75, 3.05) is 26.5 Å². The van der Waals surface area contributed by atoms with Gasteiger partial charge < -0.3 is 15.0 Å². The highest BCUT2D eigenvalue weighted by molar-refractivity contribution is 6.06. The zero-order valence-corrected chi connectivity index (χ0v) is 14.7. The van der Waals surface area contributed by atoms with E-state index in [0.717, 1.165) is 0 Å². The van der Waals surface area contributed by atoms with Crippen molar-refractivity contribution in [3.63, 3.8) is 0 Å². The maximum absolute atomic E-state index is 12.5. The van der Waals surface area contributed by atoms with Crippen molar-refractivity contribution in [1.82, 2.24) is 14.9 Å². The largest absolute Gasteiger partial charge is 0.496 e. The fourth-order valence-corrected chi connectivity index (χ4v) is 2.50. The lowest BCUT2D eigenvalue weighted by Crippen LogP contribution is -2.22. The maximum atomic E-state index is 12.5. The van der Waals surface area contributed by atoms with Crippen molar-refractivity contribution < 1.29 is 14.3 Å². The highest BCUT2D eigenvalue weighted by Gasteiger charge is 2.16. The van der Waals surface area contributed by atoms with Gasteiger partial charge >= 0.3 is 0 Å². The lowest BCUT2D eigenvalue weighted by molar-refractivity contribution is 0.0824. The van der Waals surface area contributed by atoms with Gasteiger partial charge in [0, 0.05) is 37.7 Å². The Balaban J connectivity index is 1.88. The van der Waals surface area contributed by atoms with Crippen LogP contribution in [-0.2, 0) is 0 Å². The van der Waals surface area contributed by atoms with Crippen molar-refractivity contribution in [3.8, 4) is 5.75 Å². The van der Waals surface area contributed by atoms with E-state index >= 15 is 0 Å². The van der Waals surface area contributed by atoms with Crippen molar-refractivity contribution in [1.29, 1.82) is 0 Å². The quantitative estimate of drug-likeness (QED) is 0.782. The normalized spacial score (nSPS) is 10.4. The fourth-order valence-electron chi connectivity index (χ4n) is 2.50. The number of amides is 2. The van der Waals surface area contributed by atoms with Gasteiger partial charge in [-0.1, -0.05) is 0 Å². The molecule has 0 radical (unpaired) electrons. The number of anilines is 1. The molecule has 0 saturated carbocycles. The van der Waals surface area contributed by atoms with E-state index < -0.39 is 0 Å². The molecular weight excluding hydrogens is 332 g/mol. The molecular formula is C19H18N4O3. The number of aromatic nitrogens is 2. The van der Waals surface area contributed by atoms with Gasteiger partial charge in [-0.05, 0) is 36.4 Å². The summed E-state index contributed by atoms with van der Waals surface area (Å²) in [5, 5.41) is 2.79. The minimum atomic E-state index is -0.300. The Morgan fingerprint density at radius 2 is 1.73 bits per heavy atom. The van der Waals surface area contributed by atoms with E-state index in [-0.39, 0.29) is 11.8 Å². The van der Waals surface area contributed by atoms with Crippen molar-refractivity contribution in [2.24, 2.45) is 0 Å². The third kappa shape index (κ3) is 3.46. The van der Waals surface area contributed by atoms with Crippen molar-refractivity contribution in [2.45, 2.75) is 0 Å². The zero-order chi connectivity index (χ0) is 18.7. The summed E-state index contributed by atoms with van der Waals surface area (Å²) < 4.78 is 5.23. The Bertz CT molecular complexity index is 985. The molecule has 1 heterocycles. The third-order valence-corrected chi connectivity index (χ3v) is 3.83. The van der Waals surface area contributed by atoms with Crippen LogP contribution in [0.3, 0.4) is 0 Å². The van der Waals surface area contributed by atoms with Crippen molar-refractivity contribution in [3.05, 3.63) is 59.9 Å². The minimum Gasteiger partial charge on any atom is -0.496 e. The summed E-state index contributed by atoms with van der Waals surface area (Å²) in [7, 11) is 4.81. The number of rotatable bonds is 4. The molecule has 7 nitrogen and oxygen atoms in total.